The van der Waals surface area contributed by atoms with E-state index in [1.165, 1.54) is 0 Å². The number of esters is 1. The number of hydrogen-bond acceptors (Lipinski definition) is 5. The summed E-state index contributed by atoms with van der Waals surface area (Å²) in [6.07, 6.45) is -3.88. The average molecular weight is 338 g/mol. The third-order valence-corrected chi connectivity index (χ3v) is 5.40. The van der Waals surface area contributed by atoms with Gasteiger partial charge in [0, 0.05) is 12.6 Å². The molecule has 2 rings (SSSR count). The van der Waals surface area contributed by atoms with E-state index >= 15 is 0 Å². The van der Waals surface area contributed by atoms with Gasteiger partial charge < -0.3 is 9.84 Å². The Morgan fingerprint density at radius 2 is 1.87 bits per heavy atom. The van der Waals surface area contributed by atoms with E-state index in [1.807, 2.05) is 0 Å². The van der Waals surface area contributed by atoms with Crippen LogP contribution in [0.2, 0.25) is 0 Å². The minimum Gasteiger partial charge on any atom is -0.462 e. The van der Waals surface area contributed by atoms with Gasteiger partial charge in [-0.25, -0.2) is 0 Å². The minimum atomic E-state index is -4.76. The Morgan fingerprint density at radius 1 is 1.30 bits per heavy atom. The van der Waals surface area contributed by atoms with Crippen LogP contribution in [0.1, 0.15) is 46.5 Å². The van der Waals surface area contributed by atoms with Crippen molar-refractivity contribution in [1.82, 2.24) is 10.6 Å². The summed E-state index contributed by atoms with van der Waals surface area (Å²) in [7, 11) is 0. The number of carbonyl (C=O) groups is 1. The SMILES string of the molecule is CC(C(=O)OC1CCCCC1C(C)(O)C(F)(F)F)C1(C)NCN1. The molecule has 0 amide bonds. The molecule has 4 atom stereocenters. The van der Waals surface area contributed by atoms with Gasteiger partial charge in [-0.3, -0.25) is 15.4 Å². The Bertz CT molecular complexity index is 450. The second kappa shape index (κ2) is 6.22. The second-order valence-electron chi connectivity index (χ2n) is 6.97. The maximum absolute atomic E-state index is 13.1. The van der Waals surface area contributed by atoms with Crippen LogP contribution in [0, 0.1) is 11.8 Å². The highest BCUT2D eigenvalue weighted by Crippen LogP contribution is 2.44. The van der Waals surface area contributed by atoms with Gasteiger partial charge in [0.25, 0.3) is 0 Å². The summed E-state index contributed by atoms with van der Waals surface area (Å²) >= 11 is 0. The fraction of sp³-hybridized carbons (Fsp3) is 0.933. The molecule has 1 aliphatic carbocycles. The standard InChI is InChI=1S/C15H25F3N2O3/c1-9(14(3)19-8-20-14)12(21)23-11-7-5-4-6-10(11)13(2,22)15(16,17)18/h9-11,19-20,22H,4-8H2,1-3H3. The van der Waals surface area contributed by atoms with Crippen molar-refractivity contribution in [1.29, 1.82) is 0 Å². The molecule has 8 heteroatoms. The molecule has 1 heterocycles. The first kappa shape index (κ1) is 18.5. The summed E-state index contributed by atoms with van der Waals surface area (Å²) in [5, 5.41) is 16.1. The van der Waals surface area contributed by atoms with Gasteiger partial charge in [0.15, 0.2) is 5.60 Å². The number of hydrogen-bond donors (Lipinski definition) is 3. The maximum Gasteiger partial charge on any atom is 0.417 e. The van der Waals surface area contributed by atoms with E-state index in [1.54, 1.807) is 13.8 Å². The minimum absolute atomic E-state index is 0.187. The zero-order valence-corrected chi connectivity index (χ0v) is 13.7. The van der Waals surface area contributed by atoms with Crippen LogP contribution in [0.5, 0.6) is 0 Å². The van der Waals surface area contributed by atoms with Crippen molar-refractivity contribution >= 4 is 5.97 Å². The van der Waals surface area contributed by atoms with E-state index in [-0.39, 0.29) is 6.42 Å². The van der Waals surface area contributed by atoms with Gasteiger partial charge >= 0.3 is 12.1 Å². The van der Waals surface area contributed by atoms with Crippen LogP contribution in [0.3, 0.4) is 0 Å². The number of aliphatic hydroxyl groups is 1. The van der Waals surface area contributed by atoms with Crippen LogP contribution >= 0.6 is 0 Å². The predicted octanol–water partition coefficient (Wildman–Crippen LogP) is 1.90. The van der Waals surface area contributed by atoms with Crippen LogP contribution in [0.15, 0.2) is 0 Å². The number of halogens is 3. The molecule has 1 aliphatic heterocycles. The molecule has 0 aromatic carbocycles. The lowest BCUT2D eigenvalue weighted by Crippen LogP contribution is -2.73. The average Bonchev–Trinajstić information content (AvgIpc) is 2.43. The smallest absolute Gasteiger partial charge is 0.417 e. The van der Waals surface area contributed by atoms with Crippen LogP contribution in [0.4, 0.5) is 13.2 Å². The van der Waals surface area contributed by atoms with Gasteiger partial charge in [0.05, 0.1) is 11.6 Å². The molecule has 1 saturated carbocycles. The first-order chi connectivity index (χ1) is 10.5. The lowest BCUT2D eigenvalue weighted by Gasteiger charge is -2.46. The molecule has 0 radical (unpaired) electrons. The quantitative estimate of drug-likeness (QED) is 0.683. The van der Waals surface area contributed by atoms with Gasteiger partial charge in [-0.1, -0.05) is 6.42 Å². The number of alkyl halides is 3. The molecule has 0 spiro atoms. The fourth-order valence-electron chi connectivity index (χ4n) is 3.25. The number of ether oxygens (including phenoxy) is 1. The maximum atomic E-state index is 13.1. The van der Waals surface area contributed by atoms with Crippen molar-refractivity contribution in [2.75, 3.05) is 6.67 Å². The van der Waals surface area contributed by atoms with Crippen LogP contribution in [0.25, 0.3) is 0 Å². The molecule has 1 saturated heterocycles. The van der Waals surface area contributed by atoms with Crippen molar-refractivity contribution in [2.45, 2.75) is 70.0 Å². The molecule has 0 bridgehead atoms. The van der Waals surface area contributed by atoms with E-state index in [4.69, 9.17) is 4.74 Å². The highest BCUT2D eigenvalue weighted by atomic mass is 19.4. The topological polar surface area (TPSA) is 70.6 Å². The van der Waals surface area contributed by atoms with E-state index < -0.39 is 41.3 Å². The van der Waals surface area contributed by atoms with Crippen molar-refractivity contribution in [2.24, 2.45) is 11.8 Å². The zero-order chi connectivity index (χ0) is 17.5. The molecule has 4 unspecified atom stereocenters. The van der Waals surface area contributed by atoms with Crippen molar-refractivity contribution in [3.63, 3.8) is 0 Å². The lowest BCUT2D eigenvalue weighted by molar-refractivity contribution is -0.286. The van der Waals surface area contributed by atoms with Gasteiger partial charge in [-0.15, -0.1) is 0 Å². The van der Waals surface area contributed by atoms with Crippen LogP contribution < -0.4 is 10.6 Å². The first-order valence-electron chi connectivity index (χ1n) is 7.98. The Kier molecular flexibility index (Phi) is 4.99. The molecule has 2 fully saturated rings. The largest absolute Gasteiger partial charge is 0.462 e. The third kappa shape index (κ3) is 3.49. The van der Waals surface area contributed by atoms with E-state index in [9.17, 15) is 23.1 Å². The number of rotatable bonds is 4. The highest BCUT2D eigenvalue weighted by molar-refractivity contribution is 5.74. The summed E-state index contributed by atoms with van der Waals surface area (Å²) in [4.78, 5) is 12.3. The number of carbonyl (C=O) groups excluding carboxylic acids is 1. The number of nitrogens with one attached hydrogen (secondary N) is 2. The van der Waals surface area contributed by atoms with E-state index in [2.05, 4.69) is 10.6 Å². The fourth-order valence-corrected chi connectivity index (χ4v) is 3.25. The Morgan fingerprint density at radius 3 is 2.35 bits per heavy atom. The highest BCUT2D eigenvalue weighted by Gasteiger charge is 2.58. The molecular weight excluding hydrogens is 313 g/mol. The first-order valence-corrected chi connectivity index (χ1v) is 7.98. The van der Waals surface area contributed by atoms with Crippen molar-refractivity contribution in [3.8, 4) is 0 Å². The summed E-state index contributed by atoms with van der Waals surface area (Å²) in [5.74, 6) is -2.24. The van der Waals surface area contributed by atoms with Crippen molar-refractivity contribution < 1.29 is 27.8 Å². The molecular formula is C15H25F3N2O3. The van der Waals surface area contributed by atoms with E-state index in [0.29, 0.717) is 25.9 Å². The molecule has 3 N–H and O–H groups in total. The third-order valence-electron chi connectivity index (χ3n) is 5.40. The van der Waals surface area contributed by atoms with E-state index in [0.717, 1.165) is 6.92 Å². The molecule has 134 valence electrons. The van der Waals surface area contributed by atoms with Gasteiger partial charge in [0.2, 0.25) is 0 Å². The Hall–Kier alpha value is -0.860. The molecule has 5 nitrogen and oxygen atoms in total. The van der Waals surface area contributed by atoms with Gasteiger partial charge in [-0.05, 0) is 40.0 Å². The summed E-state index contributed by atoms with van der Waals surface area (Å²) in [6.45, 7) is 4.81. The summed E-state index contributed by atoms with van der Waals surface area (Å²) in [6, 6.07) is 0. The van der Waals surface area contributed by atoms with Crippen LogP contribution in [-0.4, -0.2) is 41.3 Å². The van der Waals surface area contributed by atoms with Gasteiger partial charge in [0.1, 0.15) is 6.10 Å². The monoisotopic (exact) mass is 338 g/mol. The lowest BCUT2D eigenvalue weighted by atomic mass is 9.75. The summed E-state index contributed by atoms with van der Waals surface area (Å²) in [5.41, 5.74) is -3.47. The van der Waals surface area contributed by atoms with Crippen molar-refractivity contribution in [3.05, 3.63) is 0 Å². The normalized spacial score (nSPS) is 31.6. The second-order valence-corrected chi connectivity index (χ2v) is 6.97. The zero-order valence-electron chi connectivity index (χ0n) is 13.7. The predicted molar refractivity (Wildman–Crippen MR) is 77.2 cm³/mol. The molecule has 0 aromatic heterocycles. The Labute approximate surface area is 134 Å². The van der Waals surface area contributed by atoms with Crippen LogP contribution in [-0.2, 0) is 9.53 Å². The van der Waals surface area contributed by atoms with Gasteiger partial charge in [-0.2, -0.15) is 13.2 Å². The molecule has 0 aromatic rings. The molecule has 23 heavy (non-hydrogen) atoms. The molecule has 2 aliphatic rings. The Balaban J connectivity index is 2.08. The summed E-state index contributed by atoms with van der Waals surface area (Å²) < 4.78 is 44.8.